The van der Waals surface area contributed by atoms with Gasteiger partial charge in [-0.1, -0.05) is 12.1 Å². The van der Waals surface area contributed by atoms with Crippen LogP contribution in [0.15, 0.2) is 30.3 Å². The smallest absolute Gasteiger partial charge is 0.341 e. The molecule has 1 amide bonds. The average molecular weight is 406 g/mol. The molecule has 0 aliphatic rings. The van der Waals surface area contributed by atoms with Crippen molar-refractivity contribution in [3.05, 3.63) is 57.7 Å². The number of nitrogens with one attached hydrogen (secondary N) is 1. The molecule has 0 spiro atoms. The minimum atomic E-state index is -0.730. The first-order valence-electron chi connectivity index (χ1n) is 8.28. The number of hydrogen-bond acceptors (Lipinski definition) is 7. The van der Waals surface area contributed by atoms with Gasteiger partial charge in [-0.3, -0.25) is 4.79 Å². The lowest BCUT2D eigenvalue weighted by molar-refractivity contribution is -0.138. The minimum Gasteiger partial charge on any atom is -0.462 e. The summed E-state index contributed by atoms with van der Waals surface area (Å²) in [5, 5.41) is 2.54. The third kappa shape index (κ3) is 5.17. The molecule has 2 rings (SSSR count). The van der Waals surface area contributed by atoms with E-state index in [-0.39, 0.29) is 34.2 Å². The van der Waals surface area contributed by atoms with E-state index in [0.29, 0.717) is 5.56 Å². The first kappa shape index (κ1) is 21.1. The van der Waals surface area contributed by atoms with Crippen LogP contribution in [0.5, 0.6) is 0 Å². The quantitative estimate of drug-likeness (QED) is 0.541. The van der Waals surface area contributed by atoms with Crippen molar-refractivity contribution in [1.29, 1.82) is 0 Å². The van der Waals surface area contributed by atoms with Crippen LogP contribution in [0.25, 0.3) is 6.08 Å². The molecule has 0 aliphatic heterocycles. The summed E-state index contributed by atoms with van der Waals surface area (Å²) in [5.74, 6) is -2.33. The van der Waals surface area contributed by atoms with Gasteiger partial charge in [-0.25, -0.2) is 14.0 Å². The third-order valence-corrected chi connectivity index (χ3v) is 4.63. The second-order valence-corrected chi connectivity index (χ2v) is 6.50. The Kier molecular flexibility index (Phi) is 7.28. The number of halogens is 1. The lowest BCUT2D eigenvalue weighted by atomic mass is 10.1. The van der Waals surface area contributed by atoms with E-state index < -0.39 is 23.7 Å². The molecule has 0 saturated carbocycles. The number of nitrogens with two attached hydrogens (primary N) is 1. The molecule has 9 heteroatoms. The lowest BCUT2D eigenvalue weighted by Crippen LogP contribution is -2.19. The van der Waals surface area contributed by atoms with Crippen molar-refractivity contribution in [2.24, 2.45) is 0 Å². The highest BCUT2D eigenvalue weighted by Crippen LogP contribution is 2.32. The van der Waals surface area contributed by atoms with Crippen molar-refractivity contribution >= 4 is 40.3 Å². The molecule has 2 aromatic rings. The van der Waals surface area contributed by atoms with Crippen LogP contribution in [0.2, 0.25) is 0 Å². The van der Waals surface area contributed by atoms with E-state index in [1.54, 1.807) is 13.0 Å². The first-order valence-corrected chi connectivity index (χ1v) is 9.09. The van der Waals surface area contributed by atoms with Crippen LogP contribution < -0.4 is 11.1 Å². The Morgan fingerprint density at radius 1 is 1.29 bits per heavy atom. The van der Waals surface area contributed by atoms with Gasteiger partial charge in [0.15, 0.2) is 0 Å². The van der Waals surface area contributed by atoms with Gasteiger partial charge in [-0.15, -0.1) is 11.3 Å². The molecule has 1 aromatic carbocycles. The van der Waals surface area contributed by atoms with Gasteiger partial charge < -0.3 is 20.5 Å². The van der Waals surface area contributed by atoms with Crippen molar-refractivity contribution in [2.45, 2.75) is 13.5 Å². The predicted octanol–water partition coefficient (Wildman–Crippen LogP) is 2.76. The Balaban J connectivity index is 2.20. The highest BCUT2D eigenvalue weighted by Gasteiger charge is 2.27. The second kappa shape index (κ2) is 9.65. The third-order valence-electron chi connectivity index (χ3n) is 3.57. The largest absolute Gasteiger partial charge is 0.462 e. The fourth-order valence-corrected chi connectivity index (χ4v) is 3.32. The second-order valence-electron chi connectivity index (χ2n) is 5.44. The molecule has 28 heavy (non-hydrogen) atoms. The maximum Gasteiger partial charge on any atom is 0.341 e. The van der Waals surface area contributed by atoms with Crippen LogP contribution in [0.4, 0.5) is 9.39 Å². The number of hydrogen-bond donors (Lipinski definition) is 2. The monoisotopic (exact) mass is 406 g/mol. The van der Waals surface area contributed by atoms with Crippen LogP contribution in [0.3, 0.4) is 0 Å². The van der Waals surface area contributed by atoms with Crippen molar-refractivity contribution in [3.8, 4) is 0 Å². The summed E-state index contributed by atoms with van der Waals surface area (Å²) in [6.45, 7) is 1.41. The van der Waals surface area contributed by atoms with E-state index >= 15 is 0 Å². The summed E-state index contributed by atoms with van der Waals surface area (Å²) in [4.78, 5) is 36.4. The maximum absolute atomic E-state index is 13.2. The van der Waals surface area contributed by atoms with Gasteiger partial charge in [0.25, 0.3) is 5.91 Å². The van der Waals surface area contributed by atoms with E-state index in [1.807, 2.05) is 0 Å². The molecule has 148 valence electrons. The molecule has 1 heterocycles. The molecule has 0 bridgehead atoms. The number of nitrogen functional groups attached to an aromatic ring is 1. The Morgan fingerprint density at radius 2 is 2.04 bits per heavy atom. The van der Waals surface area contributed by atoms with Crippen molar-refractivity contribution in [3.63, 3.8) is 0 Å². The SMILES string of the molecule is CCOC(=O)c1c(N)sc(C(=O)NC)c1COC(=O)/C=C/c1cccc(F)c1. The highest BCUT2D eigenvalue weighted by molar-refractivity contribution is 7.18. The van der Waals surface area contributed by atoms with Crippen LogP contribution in [-0.2, 0) is 20.9 Å². The molecule has 0 fully saturated rings. The predicted molar refractivity (Wildman–Crippen MR) is 103 cm³/mol. The number of amides is 1. The maximum atomic E-state index is 13.2. The summed E-state index contributed by atoms with van der Waals surface area (Å²) in [5.41, 5.74) is 6.53. The summed E-state index contributed by atoms with van der Waals surface area (Å²) in [7, 11) is 1.43. The fraction of sp³-hybridized carbons (Fsp3) is 0.211. The van der Waals surface area contributed by atoms with E-state index in [9.17, 15) is 18.8 Å². The standard InChI is InChI=1S/C19H19FN2O5S/c1-3-26-19(25)15-13(16(18(24)22-2)28-17(15)21)10-27-14(23)8-7-11-5-4-6-12(20)9-11/h4-9H,3,10,21H2,1-2H3,(H,22,24)/b8-7+. The Hall–Kier alpha value is -3.20. The number of carbonyl (C=O) groups is 3. The Morgan fingerprint density at radius 3 is 2.68 bits per heavy atom. The zero-order chi connectivity index (χ0) is 20.7. The topological polar surface area (TPSA) is 108 Å². The van der Waals surface area contributed by atoms with E-state index in [4.69, 9.17) is 15.2 Å². The van der Waals surface area contributed by atoms with Crippen molar-refractivity contribution in [2.75, 3.05) is 19.4 Å². The zero-order valence-corrected chi connectivity index (χ0v) is 16.1. The van der Waals surface area contributed by atoms with Gasteiger partial charge in [0, 0.05) is 18.7 Å². The molecule has 0 aliphatic carbocycles. The average Bonchev–Trinajstić information content (AvgIpc) is 3.00. The van der Waals surface area contributed by atoms with Gasteiger partial charge >= 0.3 is 11.9 Å². The number of rotatable bonds is 7. The van der Waals surface area contributed by atoms with Crippen molar-refractivity contribution in [1.82, 2.24) is 5.32 Å². The summed E-state index contributed by atoms with van der Waals surface area (Å²) >= 11 is 0.905. The molecular formula is C19H19FN2O5S. The van der Waals surface area contributed by atoms with Crippen LogP contribution in [-0.4, -0.2) is 31.5 Å². The number of ether oxygens (including phenoxy) is 2. The van der Waals surface area contributed by atoms with Gasteiger partial charge in [0.1, 0.15) is 27.9 Å². The van der Waals surface area contributed by atoms with Gasteiger partial charge in [0.2, 0.25) is 0 Å². The Labute approximate surface area is 164 Å². The minimum absolute atomic E-state index is 0.00681. The summed E-state index contributed by atoms with van der Waals surface area (Å²) in [6.07, 6.45) is 2.51. The molecular weight excluding hydrogens is 387 g/mol. The molecule has 1 aromatic heterocycles. The summed E-state index contributed by atoms with van der Waals surface area (Å²) in [6, 6.07) is 5.67. The number of thiophene rings is 1. The van der Waals surface area contributed by atoms with Crippen molar-refractivity contribution < 1.29 is 28.2 Å². The lowest BCUT2D eigenvalue weighted by Gasteiger charge is -2.07. The van der Waals surface area contributed by atoms with E-state index in [1.165, 1.54) is 31.3 Å². The Bertz CT molecular complexity index is 923. The van der Waals surface area contributed by atoms with Gasteiger partial charge in [-0.2, -0.15) is 0 Å². The van der Waals surface area contributed by atoms with Crippen LogP contribution >= 0.6 is 11.3 Å². The van der Waals surface area contributed by atoms with E-state index in [0.717, 1.165) is 17.4 Å². The number of benzene rings is 1. The summed E-state index contributed by atoms with van der Waals surface area (Å²) < 4.78 is 23.3. The molecule has 0 saturated heterocycles. The molecule has 3 N–H and O–H groups in total. The van der Waals surface area contributed by atoms with Crippen LogP contribution in [0, 0.1) is 5.82 Å². The molecule has 7 nitrogen and oxygen atoms in total. The zero-order valence-electron chi connectivity index (χ0n) is 15.3. The highest BCUT2D eigenvalue weighted by atomic mass is 32.1. The molecule has 0 radical (unpaired) electrons. The fourth-order valence-electron chi connectivity index (χ4n) is 2.31. The molecule has 0 atom stereocenters. The van der Waals surface area contributed by atoms with Gasteiger partial charge in [-0.05, 0) is 30.7 Å². The number of carbonyl (C=O) groups excluding carboxylic acids is 3. The van der Waals surface area contributed by atoms with Gasteiger partial charge in [0.05, 0.1) is 6.61 Å². The van der Waals surface area contributed by atoms with Crippen LogP contribution in [0.1, 0.15) is 38.1 Å². The normalized spacial score (nSPS) is 10.7. The molecule has 0 unspecified atom stereocenters. The first-order chi connectivity index (χ1) is 13.4. The van der Waals surface area contributed by atoms with E-state index in [2.05, 4.69) is 5.32 Å². The number of esters is 2. The number of anilines is 1.